The molecule has 0 saturated carbocycles. The number of aromatic nitrogens is 1. The Morgan fingerprint density at radius 1 is 1.36 bits per heavy atom. The number of aliphatic hydroxyl groups excluding tert-OH is 2. The van der Waals surface area contributed by atoms with Gasteiger partial charge in [0.15, 0.2) is 5.78 Å². The number of hydroxylamine groups is 1. The highest BCUT2D eigenvalue weighted by Crippen LogP contribution is 2.35. The molecule has 1 aromatic heterocycles. The number of halogens is 2. The van der Waals surface area contributed by atoms with Gasteiger partial charge in [0.2, 0.25) is 0 Å². The highest BCUT2D eigenvalue weighted by atomic mass is 79.9. The van der Waals surface area contributed by atoms with Crippen LogP contribution in [-0.2, 0) is 18.3 Å². The standard InChI is InChI=1S/C18H19BrFN3O5/c1-23-16-11(3-5-14(16)26)15(18(27)22-28-10(7-24)8-25)17(23)21-13-4-2-9(19)6-12(13)20/h2,4,6,10,21,24-25H,3,5,7-8H2,1H3,(H,22,27). The molecule has 2 aromatic rings. The van der Waals surface area contributed by atoms with Crippen LogP contribution < -0.4 is 10.8 Å². The molecule has 1 aliphatic rings. The number of ketones is 1. The first-order valence-corrected chi connectivity index (χ1v) is 9.31. The topological polar surface area (TPSA) is 113 Å². The van der Waals surface area contributed by atoms with Gasteiger partial charge in [0.05, 0.1) is 30.2 Å². The minimum Gasteiger partial charge on any atom is -0.393 e. The molecule has 4 N–H and O–H groups in total. The Morgan fingerprint density at radius 3 is 2.71 bits per heavy atom. The van der Waals surface area contributed by atoms with E-state index in [0.29, 0.717) is 22.2 Å². The summed E-state index contributed by atoms with van der Waals surface area (Å²) in [5.41, 5.74) is 3.39. The highest BCUT2D eigenvalue weighted by Gasteiger charge is 2.34. The Labute approximate surface area is 168 Å². The third-order valence-corrected chi connectivity index (χ3v) is 4.99. The van der Waals surface area contributed by atoms with Crippen LogP contribution in [-0.4, -0.2) is 45.8 Å². The SMILES string of the molecule is Cn1c(Nc2ccc(Br)cc2F)c(C(=O)NOC(CO)CO)c2c1C(=O)CC2. The molecule has 10 heteroatoms. The van der Waals surface area contributed by atoms with Gasteiger partial charge in [-0.2, -0.15) is 0 Å². The minimum atomic E-state index is -0.984. The Balaban J connectivity index is 1.98. The number of carbonyl (C=O) groups excluding carboxylic acids is 2. The van der Waals surface area contributed by atoms with E-state index in [1.54, 1.807) is 13.1 Å². The zero-order valence-electron chi connectivity index (χ0n) is 15.0. The summed E-state index contributed by atoms with van der Waals surface area (Å²) in [7, 11) is 1.61. The van der Waals surface area contributed by atoms with E-state index in [1.165, 1.54) is 16.7 Å². The summed E-state index contributed by atoms with van der Waals surface area (Å²) in [6.45, 7) is -0.977. The molecular weight excluding hydrogens is 437 g/mol. The smallest absolute Gasteiger partial charge is 0.278 e. The zero-order chi connectivity index (χ0) is 20.4. The van der Waals surface area contributed by atoms with Gasteiger partial charge in [0.1, 0.15) is 17.7 Å². The van der Waals surface area contributed by atoms with Crippen LogP contribution >= 0.6 is 15.9 Å². The van der Waals surface area contributed by atoms with Crippen molar-refractivity contribution in [3.8, 4) is 0 Å². The Kier molecular flexibility index (Phi) is 6.14. The van der Waals surface area contributed by atoms with Crippen LogP contribution in [0.1, 0.15) is 32.8 Å². The third kappa shape index (κ3) is 3.81. The average molecular weight is 456 g/mol. The molecular formula is C18H19BrFN3O5. The highest BCUT2D eigenvalue weighted by molar-refractivity contribution is 9.10. The monoisotopic (exact) mass is 455 g/mol. The second-order valence-electron chi connectivity index (χ2n) is 6.32. The molecule has 1 aromatic carbocycles. The molecule has 0 radical (unpaired) electrons. The first-order valence-electron chi connectivity index (χ1n) is 8.51. The maximum Gasteiger partial charge on any atom is 0.278 e. The van der Waals surface area contributed by atoms with Crippen molar-refractivity contribution < 1.29 is 29.0 Å². The number of nitrogens with zero attached hydrogens (tertiary/aromatic N) is 1. The van der Waals surface area contributed by atoms with Crippen LogP contribution in [0.2, 0.25) is 0 Å². The van der Waals surface area contributed by atoms with E-state index in [0.717, 1.165) is 0 Å². The summed E-state index contributed by atoms with van der Waals surface area (Å²) >= 11 is 3.19. The number of hydrogen-bond donors (Lipinski definition) is 4. The number of aliphatic hydroxyl groups is 2. The van der Waals surface area contributed by atoms with Crippen molar-refractivity contribution >= 4 is 39.1 Å². The number of hydrogen-bond acceptors (Lipinski definition) is 6. The van der Waals surface area contributed by atoms with Crippen LogP contribution in [0.15, 0.2) is 22.7 Å². The first kappa shape index (κ1) is 20.5. The van der Waals surface area contributed by atoms with Gasteiger partial charge in [0, 0.05) is 17.9 Å². The zero-order valence-corrected chi connectivity index (χ0v) is 16.5. The predicted octanol–water partition coefficient (Wildman–Crippen LogP) is 1.81. The Bertz CT molecular complexity index is 926. The van der Waals surface area contributed by atoms with E-state index in [4.69, 9.17) is 15.1 Å². The van der Waals surface area contributed by atoms with E-state index < -0.39 is 31.0 Å². The van der Waals surface area contributed by atoms with Gasteiger partial charge in [-0.3, -0.25) is 14.4 Å². The van der Waals surface area contributed by atoms with Crippen molar-refractivity contribution in [2.45, 2.75) is 18.9 Å². The fourth-order valence-electron chi connectivity index (χ4n) is 3.13. The van der Waals surface area contributed by atoms with Crippen LogP contribution in [0, 0.1) is 5.82 Å². The van der Waals surface area contributed by atoms with Gasteiger partial charge in [-0.15, -0.1) is 0 Å². The number of Topliss-reactive ketones (excluding diaryl/α,β-unsaturated/α-hetero) is 1. The lowest BCUT2D eigenvalue weighted by atomic mass is 10.1. The van der Waals surface area contributed by atoms with E-state index in [1.807, 2.05) is 0 Å². The molecule has 150 valence electrons. The number of fused-ring (bicyclic) bond motifs is 1. The summed E-state index contributed by atoms with van der Waals surface area (Å²) in [5, 5.41) is 21.0. The molecule has 1 aliphatic carbocycles. The molecule has 0 atom stereocenters. The maximum absolute atomic E-state index is 14.3. The predicted molar refractivity (Wildman–Crippen MR) is 102 cm³/mol. The van der Waals surface area contributed by atoms with Crippen LogP contribution in [0.3, 0.4) is 0 Å². The first-order chi connectivity index (χ1) is 13.4. The fourth-order valence-corrected chi connectivity index (χ4v) is 3.46. The van der Waals surface area contributed by atoms with Crippen molar-refractivity contribution in [1.82, 2.24) is 10.0 Å². The van der Waals surface area contributed by atoms with Crippen molar-refractivity contribution in [1.29, 1.82) is 0 Å². The summed E-state index contributed by atoms with van der Waals surface area (Å²) in [4.78, 5) is 30.0. The number of anilines is 2. The molecule has 0 aliphatic heterocycles. The van der Waals surface area contributed by atoms with Gasteiger partial charge in [0.25, 0.3) is 5.91 Å². The summed E-state index contributed by atoms with van der Waals surface area (Å²) < 4.78 is 16.4. The van der Waals surface area contributed by atoms with E-state index in [-0.39, 0.29) is 29.3 Å². The Morgan fingerprint density at radius 2 is 2.07 bits per heavy atom. The van der Waals surface area contributed by atoms with Gasteiger partial charge in [-0.1, -0.05) is 15.9 Å². The molecule has 3 rings (SSSR count). The second kappa shape index (κ2) is 8.39. The maximum atomic E-state index is 14.3. The number of nitrogens with one attached hydrogen (secondary N) is 2. The lowest BCUT2D eigenvalue weighted by Crippen LogP contribution is -2.34. The fraction of sp³-hybridized carbons (Fsp3) is 0.333. The molecule has 0 spiro atoms. The van der Waals surface area contributed by atoms with E-state index in [2.05, 4.69) is 26.7 Å². The number of benzene rings is 1. The van der Waals surface area contributed by atoms with Crippen molar-refractivity contribution in [2.75, 3.05) is 18.5 Å². The normalized spacial score (nSPS) is 13.1. The minimum absolute atomic E-state index is 0.111. The van der Waals surface area contributed by atoms with Gasteiger partial charge in [-0.05, 0) is 30.2 Å². The number of amides is 1. The van der Waals surface area contributed by atoms with Gasteiger partial charge < -0.3 is 20.1 Å². The number of carbonyl (C=O) groups is 2. The quantitative estimate of drug-likeness (QED) is 0.473. The molecule has 0 bridgehead atoms. The average Bonchev–Trinajstić information content (AvgIpc) is 3.16. The molecule has 1 amide bonds. The van der Waals surface area contributed by atoms with Crippen LogP contribution in [0.25, 0.3) is 0 Å². The van der Waals surface area contributed by atoms with E-state index >= 15 is 0 Å². The molecule has 0 unspecified atom stereocenters. The third-order valence-electron chi connectivity index (χ3n) is 4.50. The van der Waals surface area contributed by atoms with Crippen molar-refractivity contribution in [3.05, 3.63) is 45.3 Å². The van der Waals surface area contributed by atoms with Gasteiger partial charge in [-0.25, -0.2) is 9.87 Å². The van der Waals surface area contributed by atoms with E-state index in [9.17, 15) is 14.0 Å². The summed E-state index contributed by atoms with van der Waals surface area (Å²) in [5.74, 6) is -1.07. The Hall–Kier alpha value is -2.27. The van der Waals surface area contributed by atoms with Crippen LogP contribution in [0.5, 0.6) is 0 Å². The lowest BCUT2D eigenvalue weighted by Gasteiger charge is -2.15. The van der Waals surface area contributed by atoms with Gasteiger partial charge >= 0.3 is 0 Å². The van der Waals surface area contributed by atoms with Crippen molar-refractivity contribution in [2.24, 2.45) is 7.05 Å². The van der Waals surface area contributed by atoms with Crippen molar-refractivity contribution in [3.63, 3.8) is 0 Å². The second-order valence-corrected chi connectivity index (χ2v) is 7.23. The van der Waals surface area contributed by atoms with Crippen LogP contribution in [0.4, 0.5) is 15.9 Å². The molecule has 8 nitrogen and oxygen atoms in total. The molecule has 1 heterocycles. The molecule has 0 saturated heterocycles. The number of rotatable bonds is 7. The summed E-state index contributed by atoms with van der Waals surface area (Å²) in [6, 6.07) is 4.42. The lowest BCUT2D eigenvalue weighted by molar-refractivity contribution is -0.0618. The molecule has 28 heavy (non-hydrogen) atoms. The largest absolute Gasteiger partial charge is 0.393 e. The summed E-state index contributed by atoms with van der Waals surface area (Å²) in [6.07, 6.45) is -0.330. The molecule has 0 fully saturated rings.